The Hall–Kier alpha value is -1.55. The Morgan fingerprint density at radius 2 is 2.16 bits per heavy atom. The van der Waals surface area contributed by atoms with E-state index in [0.29, 0.717) is 16.3 Å². The van der Waals surface area contributed by atoms with E-state index >= 15 is 0 Å². The van der Waals surface area contributed by atoms with Gasteiger partial charge in [0.1, 0.15) is 11.5 Å². The van der Waals surface area contributed by atoms with Gasteiger partial charge in [0.05, 0.1) is 28.4 Å². The first-order chi connectivity index (χ1) is 8.93. The van der Waals surface area contributed by atoms with E-state index in [4.69, 9.17) is 16.0 Å². The zero-order chi connectivity index (χ0) is 14.2. The summed E-state index contributed by atoms with van der Waals surface area (Å²) in [4.78, 5) is 12.3. The van der Waals surface area contributed by atoms with Crippen LogP contribution in [0.25, 0.3) is 0 Å². The lowest BCUT2D eigenvalue weighted by atomic mass is 10.1. The van der Waals surface area contributed by atoms with Crippen LogP contribution in [0.5, 0.6) is 0 Å². The van der Waals surface area contributed by atoms with Gasteiger partial charge in [-0.1, -0.05) is 18.5 Å². The van der Waals surface area contributed by atoms with Gasteiger partial charge in [-0.2, -0.15) is 5.10 Å². The third kappa shape index (κ3) is 2.59. The zero-order valence-electron chi connectivity index (χ0n) is 11.6. The van der Waals surface area contributed by atoms with Crippen molar-refractivity contribution < 1.29 is 9.21 Å². The quantitative estimate of drug-likeness (QED) is 0.808. The summed E-state index contributed by atoms with van der Waals surface area (Å²) in [7, 11) is 1.81. The molecule has 0 spiro atoms. The third-order valence-electron chi connectivity index (χ3n) is 3.17. The number of halogens is 1. The molecule has 0 aliphatic heterocycles. The minimum Gasteiger partial charge on any atom is -0.466 e. The van der Waals surface area contributed by atoms with Crippen LogP contribution >= 0.6 is 11.6 Å². The maximum atomic E-state index is 12.3. The molecule has 2 rings (SSSR count). The first kappa shape index (κ1) is 13.9. The average Bonchev–Trinajstić information content (AvgIpc) is 2.82. The van der Waals surface area contributed by atoms with E-state index < -0.39 is 0 Å². The van der Waals surface area contributed by atoms with Crippen molar-refractivity contribution in [1.82, 2.24) is 9.78 Å². The van der Waals surface area contributed by atoms with Gasteiger partial charge in [0.2, 0.25) is 0 Å². The molecule has 0 aliphatic rings. The molecule has 102 valence electrons. The summed E-state index contributed by atoms with van der Waals surface area (Å²) in [5.74, 6) is 1.39. The van der Waals surface area contributed by atoms with Gasteiger partial charge < -0.3 is 4.42 Å². The van der Waals surface area contributed by atoms with E-state index in [0.717, 1.165) is 23.6 Å². The highest BCUT2D eigenvalue weighted by Crippen LogP contribution is 2.23. The van der Waals surface area contributed by atoms with Crippen LogP contribution in [0.1, 0.15) is 40.2 Å². The van der Waals surface area contributed by atoms with Crippen LogP contribution in [0, 0.1) is 13.8 Å². The highest BCUT2D eigenvalue weighted by Gasteiger charge is 2.19. The molecular weight excluding hydrogens is 264 g/mol. The predicted molar refractivity (Wildman–Crippen MR) is 73.8 cm³/mol. The van der Waals surface area contributed by atoms with Gasteiger partial charge in [-0.05, 0) is 26.3 Å². The lowest BCUT2D eigenvalue weighted by molar-refractivity contribution is 0.0989. The first-order valence-electron chi connectivity index (χ1n) is 6.24. The van der Waals surface area contributed by atoms with Gasteiger partial charge in [-0.3, -0.25) is 9.48 Å². The number of aromatic nitrogens is 2. The summed E-state index contributed by atoms with van der Waals surface area (Å²) >= 11 is 6.25. The van der Waals surface area contributed by atoms with Crippen molar-refractivity contribution in [3.63, 3.8) is 0 Å². The second-order valence-electron chi connectivity index (χ2n) is 4.61. The fourth-order valence-electron chi connectivity index (χ4n) is 2.17. The van der Waals surface area contributed by atoms with E-state index in [9.17, 15) is 4.79 Å². The molecule has 0 amide bonds. The highest BCUT2D eigenvalue weighted by molar-refractivity contribution is 6.32. The number of hydrogen-bond acceptors (Lipinski definition) is 3. The second-order valence-corrected chi connectivity index (χ2v) is 4.99. The van der Waals surface area contributed by atoms with E-state index in [1.807, 2.05) is 13.8 Å². The number of rotatable bonds is 4. The molecular formula is C14H17ClN2O2. The van der Waals surface area contributed by atoms with Gasteiger partial charge in [-0.15, -0.1) is 0 Å². The Labute approximate surface area is 117 Å². The smallest absolute Gasteiger partial charge is 0.172 e. The summed E-state index contributed by atoms with van der Waals surface area (Å²) in [6.07, 6.45) is 0.993. The summed E-state index contributed by atoms with van der Waals surface area (Å²) in [6.45, 7) is 5.61. The Kier molecular flexibility index (Phi) is 3.80. The van der Waals surface area contributed by atoms with E-state index in [1.54, 1.807) is 24.7 Å². The predicted octanol–water partition coefficient (Wildman–Crippen LogP) is 3.27. The summed E-state index contributed by atoms with van der Waals surface area (Å²) in [6, 6.07) is 1.77. The molecule has 0 saturated carbocycles. The molecule has 2 heterocycles. The van der Waals surface area contributed by atoms with Gasteiger partial charge in [0.25, 0.3) is 0 Å². The Bertz CT molecular complexity index is 626. The molecule has 0 saturated heterocycles. The lowest BCUT2D eigenvalue weighted by Gasteiger charge is -2.01. The van der Waals surface area contributed by atoms with Crippen LogP contribution in [0.3, 0.4) is 0 Å². The van der Waals surface area contributed by atoms with Crippen LogP contribution in [0.15, 0.2) is 10.5 Å². The van der Waals surface area contributed by atoms with Gasteiger partial charge >= 0.3 is 0 Å². The van der Waals surface area contributed by atoms with Gasteiger partial charge in [0.15, 0.2) is 5.78 Å². The van der Waals surface area contributed by atoms with Crippen molar-refractivity contribution in [2.24, 2.45) is 7.05 Å². The van der Waals surface area contributed by atoms with Crippen LogP contribution in [0.2, 0.25) is 5.02 Å². The molecule has 0 aliphatic carbocycles. The fraction of sp³-hybridized carbons (Fsp3) is 0.429. The molecule has 0 unspecified atom stereocenters. The number of carbonyl (C=O) groups is 1. The number of aryl methyl sites for hydroxylation is 4. The molecule has 0 N–H and O–H groups in total. The molecule has 0 bridgehead atoms. The number of hydrogen-bond donors (Lipinski definition) is 0. The molecule has 5 heteroatoms. The van der Waals surface area contributed by atoms with Crippen molar-refractivity contribution in [2.45, 2.75) is 33.6 Å². The van der Waals surface area contributed by atoms with Crippen LogP contribution < -0.4 is 0 Å². The first-order valence-corrected chi connectivity index (χ1v) is 6.62. The standard InChI is InChI=1S/C14H17ClN2O2/c1-5-11-14(15)12(17(4)16-11)7-13(18)10-6-8(2)19-9(10)3/h6H,5,7H2,1-4H3. The van der Waals surface area contributed by atoms with E-state index in [-0.39, 0.29) is 12.2 Å². The van der Waals surface area contributed by atoms with Crippen molar-refractivity contribution in [3.05, 3.63) is 39.6 Å². The zero-order valence-corrected chi connectivity index (χ0v) is 12.3. The molecule has 0 atom stereocenters. The van der Waals surface area contributed by atoms with Crippen molar-refractivity contribution in [3.8, 4) is 0 Å². The molecule has 4 nitrogen and oxygen atoms in total. The topological polar surface area (TPSA) is 48.0 Å². The molecule has 2 aromatic rings. The molecule has 19 heavy (non-hydrogen) atoms. The summed E-state index contributed by atoms with van der Waals surface area (Å²) < 4.78 is 7.07. The van der Waals surface area contributed by atoms with Gasteiger partial charge in [-0.25, -0.2) is 0 Å². The largest absolute Gasteiger partial charge is 0.466 e. The van der Waals surface area contributed by atoms with Crippen molar-refractivity contribution in [1.29, 1.82) is 0 Å². The van der Waals surface area contributed by atoms with Crippen LogP contribution in [-0.4, -0.2) is 15.6 Å². The fourth-order valence-corrected chi connectivity index (χ4v) is 2.53. The minimum atomic E-state index is 0.00176. The second kappa shape index (κ2) is 5.21. The van der Waals surface area contributed by atoms with E-state index in [2.05, 4.69) is 5.10 Å². The average molecular weight is 281 g/mol. The number of nitrogens with zero attached hydrogens (tertiary/aromatic N) is 2. The normalized spacial score (nSPS) is 11.0. The van der Waals surface area contributed by atoms with Crippen molar-refractivity contribution >= 4 is 17.4 Å². The number of carbonyl (C=O) groups excluding carboxylic acids is 1. The van der Waals surface area contributed by atoms with E-state index in [1.165, 1.54) is 0 Å². The van der Waals surface area contributed by atoms with Crippen LogP contribution in [0.4, 0.5) is 0 Å². The SMILES string of the molecule is CCc1nn(C)c(CC(=O)c2cc(C)oc2C)c1Cl. The minimum absolute atomic E-state index is 0.00176. The number of furan rings is 1. The van der Waals surface area contributed by atoms with Crippen molar-refractivity contribution in [2.75, 3.05) is 0 Å². The lowest BCUT2D eigenvalue weighted by Crippen LogP contribution is -2.08. The molecule has 0 fully saturated rings. The third-order valence-corrected chi connectivity index (χ3v) is 3.61. The highest BCUT2D eigenvalue weighted by atomic mass is 35.5. The van der Waals surface area contributed by atoms with Gasteiger partial charge in [0, 0.05) is 7.05 Å². The Balaban J connectivity index is 2.29. The summed E-state index contributed by atoms with van der Waals surface area (Å²) in [5.41, 5.74) is 2.20. The molecule has 2 aromatic heterocycles. The van der Waals surface area contributed by atoms with Crippen LogP contribution in [-0.2, 0) is 19.9 Å². The monoisotopic (exact) mass is 280 g/mol. The maximum Gasteiger partial charge on any atom is 0.172 e. The Morgan fingerprint density at radius 3 is 2.63 bits per heavy atom. The number of ketones is 1. The Morgan fingerprint density at radius 1 is 1.47 bits per heavy atom. The number of Topliss-reactive ketones (excluding diaryl/α,β-unsaturated/α-hetero) is 1. The maximum absolute atomic E-state index is 12.3. The molecule has 0 aromatic carbocycles. The molecule has 0 radical (unpaired) electrons. The summed E-state index contributed by atoms with van der Waals surface area (Å²) in [5, 5.41) is 4.91.